The highest BCUT2D eigenvalue weighted by atomic mass is 32.2. The van der Waals surface area contributed by atoms with Crippen LogP contribution < -0.4 is 11.1 Å². The largest absolute Gasteiger partial charge is 0.352 e. The zero-order chi connectivity index (χ0) is 11.8. The maximum absolute atomic E-state index is 11.7. The van der Waals surface area contributed by atoms with Gasteiger partial charge in [0.2, 0.25) is 5.91 Å². The Morgan fingerprint density at radius 1 is 1.38 bits per heavy atom. The molecule has 1 aliphatic heterocycles. The van der Waals surface area contributed by atoms with Crippen LogP contribution in [0.15, 0.2) is 12.2 Å². The van der Waals surface area contributed by atoms with Crippen LogP contribution in [-0.4, -0.2) is 37.9 Å². The summed E-state index contributed by atoms with van der Waals surface area (Å²) >= 11 is 0. The van der Waals surface area contributed by atoms with Crippen molar-refractivity contribution in [1.82, 2.24) is 5.32 Å². The molecular weight excluding hydrogens is 228 g/mol. The second-order valence-electron chi connectivity index (χ2n) is 4.50. The molecule has 1 saturated heterocycles. The van der Waals surface area contributed by atoms with Crippen molar-refractivity contribution in [3.8, 4) is 0 Å². The van der Waals surface area contributed by atoms with Crippen molar-refractivity contribution >= 4 is 15.7 Å². The highest BCUT2D eigenvalue weighted by molar-refractivity contribution is 7.91. The monoisotopic (exact) mass is 244 g/mol. The summed E-state index contributed by atoms with van der Waals surface area (Å²) in [5.41, 5.74) is 5.65. The Bertz CT molecular complexity index is 416. The summed E-state index contributed by atoms with van der Waals surface area (Å²) in [6.07, 6.45) is 4.75. The van der Waals surface area contributed by atoms with Crippen LogP contribution in [0.5, 0.6) is 0 Å². The summed E-state index contributed by atoms with van der Waals surface area (Å²) in [5.74, 6) is -0.0521. The van der Waals surface area contributed by atoms with E-state index < -0.39 is 9.84 Å². The van der Waals surface area contributed by atoms with Crippen molar-refractivity contribution in [1.29, 1.82) is 0 Å². The first-order valence-electron chi connectivity index (χ1n) is 5.41. The van der Waals surface area contributed by atoms with E-state index in [4.69, 9.17) is 5.73 Å². The van der Waals surface area contributed by atoms with Crippen LogP contribution >= 0.6 is 0 Å². The summed E-state index contributed by atoms with van der Waals surface area (Å²) in [5, 5.41) is 2.77. The molecule has 1 amide bonds. The first-order valence-corrected chi connectivity index (χ1v) is 7.23. The van der Waals surface area contributed by atoms with Gasteiger partial charge in [-0.3, -0.25) is 4.79 Å². The highest BCUT2D eigenvalue weighted by Gasteiger charge is 2.31. The van der Waals surface area contributed by atoms with Gasteiger partial charge >= 0.3 is 0 Å². The number of carbonyl (C=O) groups is 1. The van der Waals surface area contributed by atoms with Crippen LogP contribution in [0.2, 0.25) is 0 Å². The van der Waals surface area contributed by atoms with Gasteiger partial charge in [0.25, 0.3) is 0 Å². The Labute approximate surface area is 95.0 Å². The van der Waals surface area contributed by atoms with E-state index in [2.05, 4.69) is 5.32 Å². The summed E-state index contributed by atoms with van der Waals surface area (Å²) in [4.78, 5) is 11.7. The molecule has 0 spiro atoms. The van der Waals surface area contributed by atoms with E-state index in [1.807, 2.05) is 6.08 Å². The quantitative estimate of drug-likeness (QED) is 0.622. The number of nitrogens with two attached hydrogens (primary N) is 1. The minimum Gasteiger partial charge on any atom is -0.352 e. The lowest BCUT2D eigenvalue weighted by molar-refractivity contribution is -0.124. The van der Waals surface area contributed by atoms with Crippen LogP contribution in [0.3, 0.4) is 0 Å². The highest BCUT2D eigenvalue weighted by Crippen LogP contribution is 2.18. The van der Waals surface area contributed by atoms with Crippen LogP contribution in [0, 0.1) is 5.92 Å². The van der Waals surface area contributed by atoms with Crippen molar-refractivity contribution in [2.45, 2.75) is 24.9 Å². The van der Waals surface area contributed by atoms with Crippen molar-refractivity contribution in [3.05, 3.63) is 12.2 Å². The zero-order valence-corrected chi connectivity index (χ0v) is 9.74. The molecule has 0 saturated carbocycles. The van der Waals surface area contributed by atoms with E-state index in [1.54, 1.807) is 6.08 Å². The van der Waals surface area contributed by atoms with Crippen LogP contribution in [0.4, 0.5) is 0 Å². The molecule has 3 unspecified atom stereocenters. The molecule has 5 nitrogen and oxygen atoms in total. The molecule has 90 valence electrons. The minimum absolute atomic E-state index is 0.0527. The van der Waals surface area contributed by atoms with Gasteiger partial charge in [-0.05, 0) is 12.8 Å². The van der Waals surface area contributed by atoms with E-state index in [1.165, 1.54) is 0 Å². The lowest BCUT2D eigenvalue weighted by Crippen LogP contribution is -2.39. The van der Waals surface area contributed by atoms with Gasteiger partial charge in [0.1, 0.15) is 0 Å². The molecule has 1 fully saturated rings. The van der Waals surface area contributed by atoms with Crippen molar-refractivity contribution in [3.63, 3.8) is 0 Å². The third-order valence-electron chi connectivity index (χ3n) is 3.03. The third kappa shape index (κ3) is 2.62. The molecule has 1 heterocycles. The van der Waals surface area contributed by atoms with Crippen molar-refractivity contribution < 1.29 is 13.2 Å². The minimum atomic E-state index is -2.93. The molecule has 2 aliphatic rings. The Kier molecular flexibility index (Phi) is 3.03. The van der Waals surface area contributed by atoms with Crippen LogP contribution in [0.25, 0.3) is 0 Å². The topological polar surface area (TPSA) is 89.3 Å². The van der Waals surface area contributed by atoms with E-state index in [0.717, 1.165) is 0 Å². The predicted molar refractivity (Wildman–Crippen MR) is 60.4 cm³/mol. The fourth-order valence-corrected chi connectivity index (χ4v) is 3.81. The molecule has 3 atom stereocenters. The average Bonchev–Trinajstić information content (AvgIpc) is 2.73. The molecular formula is C10H16N2O3S. The Balaban J connectivity index is 1.87. The van der Waals surface area contributed by atoms with E-state index in [9.17, 15) is 13.2 Å². The zero-order valence-electron chi connectivity index (χ0n) is 8.93. The Morgan fingerprint density at radius 3 is 2.62 bits per heavy atom. The second-order valence-corrected chi connectivity index (χ2v) is 6.73. The van der Waals surface area contributed by atoms with Crippen molar-refractivity contribution in [2.24, 2.45) is 11.7 Å². The Hall–Kier alpha value is -0.880. The number of hydrogen-bond acceptors (Lipinski definition) is 4. The lowest BCUT2D eigenvalue weighted by atomic mass is 10.1. The molecule has 0 aromatic rings. The fraction of sp³-hybridized carbons (Fsp3) is 0.700. The van der Waals surface area contributed by atoms with E-state index in [0.29, 0.717) is 12.8 Å². The lowest BCUT2D eigenvalue weighted by Gasteiger charge is -2.14. The number of hydrogen-bond donors (Lipinski definition) is 2. The summed E-state index contributed by atoms with van der Waals surface area (Å²) < 4.78 is 22.4. The number of sulfone groups is 1. The van der Waals surface area contributed by atoms with Crippen molar-refractivity contribution in [2.75, 3.05) is 11.5 Å². The van der Waals surface area contributed by atoms with Crippen LogP contribution in [-0.2, 0) is 14.6 Å². The molecule has 6 heteroatoms. The normalized spacial score (nSPS) is 36.4. The first kappa shape index (κ1) is 11.6. The number of nitrogens with one attached hydrogen (secondary N) is 1. The Morgan fingerprint density at radius 2 is 2.12 bits per heavy atom. The van der Waals surface area contributed by atoms with E-state index >= 15 is 0 Å². The standard InChI is InChI=1S/C10H16N2O3S/c11-8-2-1-7(5-8)10(13)12-9-3-4-16(14,15)6-9/h1-2,7-9H,3-6,11H2,(H,12,13). The molecule has 2 rings (SSSR count). The van der Waals surface area contributed by atoms with Gasteiger partial charge in [-0.25, -0.2) is 8.42 Å². The smallest absolute Gasteiger partial charge is 0.227 e. The van der Waals surface area contributed by atoms with Gasteiger partial charge < -0.3 is 11.1 Å². The van der Waals surface area contributed by atoms with Crippen LogP contribution in [0.1, 0.15) is 12.8 Å². The van der Waals surface area contributed by atoms with E-state index in [-0.39, 0.29) is 35.4 Å². The molecule has 0 radical (unpaired) electrons. The number of amides is 1. The molecule has 3 N–H and O–H groups in total. The SMILES string of the molecule is NC1C=CC(C(=O)NC2CCS(=O)(=O)C2)C1. The molecule has 0 aromatic heterocycles. The first-order chi connectivity index (χ1) is 7.46. The third-order valence-corrected chi connectivity index (χ3v) is 4.80. The summed E-state index contributed by atoms with van der Waals surface area (Å²) in [6.45, 7) is 0. The van der Waals surface area contributed by atoms with Gasteiger partial charge in [0.15, 0.2) is 9.84 Å². The summed E-state index contributed by atoms with van der Waals surface area (Å²) in [7, 11) is -2.93. The second kappa shape index (κ2) is 4.18. The molecule has 0 aromatic carbocycles. The predicted octanol–water partition coefficient (Wildman–Crippen LogP) is -0.807. The average molecular weight is 244 g/mol. The van der Waals surface area contributed by atoms with Gasteiger partial charge in [-0.2, -0.15) is 0 Å². The number of carbonyl (C=O) groups excluding carboxylic acids is 1. The summed E-state index contributed by atoms with van der Waals surface area (Å²) in [6, 6.07) is -0.272. The maximum Gasteiger partial charge on any atom is 0.227 e. The molecule has 16 heavy (non-hydrogen) atoms. The van der Waals surface area contributed by atoms with Gasteiger partial charge in [0, 0.05) is 12.1 Å². The van der Waals surface area contributed by atoms with Gasteiger partial charge in [-0.15, -0.1) is 0 Å². The molecule has 0 bridgehead atoms. The molecule has 1 aliphatic carbocycles. The maximum atomic E-state index is 11.7. The van der Waals surface area contributed by atoms with Gasteiger partial charge in [-0.1, -0.05) is 12.2 Å². The fourth-order valence-electron chi connectivity index (χ4n) is 2.14. The van der Waals surface area contributed by atoms with Gasteiger partial charge in [0.05, 0.1) is 17.4 Å². The number of rotatable bonds is 2.